The third-order valence-corrected chi connectivity index (χ3v) is 4.87. The molecule has 1 amide bonds. The number of aromatic hydroxyl groups is 1. The molecule has 1 atom stereocenters. The van der Waals surface area contributed by atoms with Crippen molar-refractivity contribution in [2.24, 2.45) is 11.0 Å². The molecule has 0 saturated heterocycles. The molecule has 4 nitrogen and oxygen atoms in total. The molecule has 2 aromatic carbocycles. The van der Waals surface area contributed by atoms with Gasteiger partial charge in [0.15, 0.2) is 0 Å². The quantitative estimate of drug-likeness (QED) is 0.873. The Labute approximate surface area is 148 Å². The second-order valence-electron chi connectivity index (χ2n) is 6.39. The zero-order valence-corrected chi connectivity index (χ0v) is 14.7. The van der Waals surface area contributed by atoms with Crippen molar-refractivity contribution in [1.82, 2.24) is 5.01 Å². The maximum Gasteiger partial charge on any atom is 0.246 e. The average Bonchev–Trinajstić information content (AvgIpc) is 3.09. The van der Waals surface area contributed by atoms with Gasteiger partial charge in [0.1, 0.15) is 5.75 Å². The van der Waals surface area contributed by atoms with E-state index in [2.05, 4.69) is 5.10 Å². The zero-order chi connectivity index (χ0) is 17.8. The minimum Gasteiger partial charge on any atom is -0.507 e. The van der Waals surface area contributed by atoms with Crippen molar-refractivity contribution >= 4 is 11.6 Å². The van der Waals surface area contributed by atoms with Crippen LogP contribution >= 0.6 is 0 Å². The Bertz CT molecular complexity index is 766. The van der Waals surface area contributed by atoms with Gasteiger partial charge in [0, 0.05) is 17.9 Å². The topological polar surface area (TPSA) is 52.9 Å². The molecule has 1 heterocycles. The molecule has 3 rings (SSSR count). The molecule has 1 aliphatic rings. The van der Waals surface area contributed by atoms with E-state index < -0.39 is 0 Å². The predicted octanol–water partition coefficient (Wildman–Crippen LogP) is 4.51. The summed E-state index contributed by atoms with van der Waals surface area (Å²) < 4.78 is 0. The Morgan fingerprint density at radius 2 is 1.76 bits per heavy atom. The fourth-order valence-corrected chi connectivity index (χ4v) is 3.35. The molecule has 130 valence electrons. The number of hydrogen-bond donors (Lipinski definition) is 1. The van der Waals surface area contributed by atoms with E-state index >= 15 is 0 Å². The lowest BCUT2D eigenvalue weighted by molar-refractivity contribution is -0.137. The van der Waals surface area contributed by atoms with Crippen LogP contribution in [0.2, 0.25) is 0 Å². The second kappa shape index (κ2) is 7.51. The van der Waals surface area contributed by atoms with Crippen molar-refractivity contribution in [2.45, 2.75) is 39.2 Å². The molecule has 0 aromatic heterocycles. The first-order valence-electron chi connectivity index (χ1n) is 8.89. The van der Waals surface area contributed by atoms with Gasteiger partial charge in [-0.25, -0.2) is 5.01 Å². The monoisotopic (exact) mass is 336 g/mol. The maximum atomic E-state index is 13.0. The first-order chi connectivity index (χ1) is 12.2. The van der Waals surface area contributed by atoms with Crippen LogP contribution in [-0.2, 0) is 4.79 Å². The number of benzene rings is 2. The first kappa shape index (κ1) is 17.2. The molecule has 0 radical (unpaired) electrons. The largest absolute Gasteiger partial charge is 0.507 e. The third kappa shape index (κ3) is 3.43. The number of carbonyl (C=O) groups excluding carboxylic acids is 1. The number of hydrogen-bond acceptors (Lipinski definition) is 3. The van der Waals surface area contributed by atoms with Crippen LogP contribution in [0.1, 0.15) is 50.3 Å². The Balaban J connectivity index is 1.99. The van der Waals surface area contributed by atoms with Crippen LogP contribution in [0, 0.1) is 5.92 Å². The van der Waals surface area contributed by atoms with Crippen molar-refractivity contribution in [2.75, 3.05) is 0 Å². The molecule has 0 unspecified atom stereocenters. The minimum atomic E-state index is -0.121. The molecular formula is C21H24N2O2. The summed E-state index contributed by atoms with van der Waals surface area (Å²) in [6, 6.07) is 17.0. The van der Waals surface area contributed by atoms with Crippen LogP contribution in [0.3, 0.4) is 0 Å². The summed E-state index contributed by atoms with van der Waals surface area (Å²) in [7, 11) is 0. The van der Waals surface area contributed by atoms with Crippen LogP contribution in [0.5, 0.6) is 5.75 Å². The van der Waals surface area contributed by atoms with E-state index in [0.717, 1.165) is 24.1 Å². The number of carbonyl (C=O) groups is 1. The maximum absolute atomic E-state index is 13.0. The van der Waals surface area contributed by atoms with Crippen LogP contribution in [0.4, 0.5) is 0 Å². The number of amides is 1. The summed E-state index contributed by atoms with van der Waals surface area (Å²) in [4.78, 5) is 13.0. The van der Waals surface area contributed by atoms with Crippen LogP contribution in [-0.4, -0.2) is 21.7 Å². The average molecular weight is 336 g/mol. The van der Waals surface area contributed by atoms with Gasteiger partial charge >= 0.3 is 0 Å². The van der Waals surface area contributed by atoms with E-state index in [1.54, 1.807) is 17.1 Å². The van der Waals surface area contributed by atoms with E-state index in [1.807, 2.05) is 56.3 Å². The number of hydrazone groups is 1. The molecule has 1 aliphatic heterocycles. The lowest BCUT2D eigenvalue weighted by Crippen LogP contribution is -2.32. The third-order valence-electron chi connectivity index (χ3n) is 4.87. The summed E-state index contributed by atoms with van der Waals surface area (Å²) >= 11 is 0. The molecule has 4 heteroatoms. The van der Waals surface area contributed by atoms with E-state index in [1.165, 1.54) is 0 Å². The molecule has 1 N–H and O–H groups in total. The van der Waals surface area contributed by atoms with Gasteiger partial charge in [-0.05, 0) is 30.5 Å². The van der Waals surface area contributed by atoms with Crippen LogP contribution < -0.4 is 0 Å². The first-order valence-corrected chi connectivity index (χ1v) is 8.89. The predicted molar refractivity (Wildman–Crippen MR) is 99.4 cm³/mol. The Hall–Kier alpha value is -2.62. The summed E-state index contributed by atoms with van der Waals surface area (Å²) in [6.45, 7) is 4.07. The summed E-state index contributed by atoms with van der Waals surface area (Å²) in [5.41, 5.74) is 2.52. The molecule has 0 aliphatic carbocycles. The normalized spacial score (nSPS) is 17.0. The van der Waals surface area contributed by atoms with Gasteiger partial charge in [-0.1, -0.05) is 56.3 Å². The SMILES string of the molecule is CCC(CC)C(=O)N1N=C(c2ccccc2O)C[C@@H]1c1ccccc1. The van der Waals surface area contributed by atoms with E-state index in [4.69, 9.17) is 0 Å². The molecule has 0 saturated carbocycles. The van der Waals surface area contributed by atoms with E-state index in [0.29, 0.717) is 12.0 Å². The number of phenolic OH excluding ortho intramolecular Hbond substituents is 1. The van der Waals surface area contributed by atoms with Crippen LogP contribution in [0.25, 0.3) is 0 Å². The summed E-state index contributed by atoms with van der Waals surface area (Å²) in [5, 5.41) is 16.4. The zero-order valence-electron chi connectivity index (χ0n) is 14.7. The molecule has 0 fully saturated rings. The molecule has 0 bridgehead atoms. The van der Waals surface area contributed by atoms with E-state index in [9.17, 15) is 9.90 Å². The lowest BCUT2D eigenvalue weighted by Gasteiger charge is -2.25. The molecule has 2 aromatic rings. The van der Waals surface area contributed by atoms with Crippen molar-refractivity contribution in [3.05, 3.63) is 65.7 Å². The van der Waals surface area contributed by atoms with Crippen molar-refractivity contribution in [1.29, 1.82) is 0 Å². The Morgan fingerprint density at radius 3 is 2.40 bits per heavy atom. The smallest absolute Gasteiger partial charge is 0.246 e. The molecule has 25 heavy (non-hydrogen) atoms. The fourth-order valence-electron chi connectivity index (χ4n) is 3.35. The molecule has 0 spiro atoms. The van der Waals surface area contributed by atoms with Gasteiger partial charge in [-0.3, -0.25) is 4.79 Å². The molecular weight excluding hydrogens is 312 g/mol. The van der Waals surface area contributed by atoms with Gasteiger partial charge in [0.2, 0.25) is 5.91 Å². The van der Waals surface area contributed by atoms with Gasteiger partial charge in [-0.2, -0.15) is 5.10 Å². The second-order valence-corrected chi connectivity index (χ2v) is 6.39. The lowest BCUT2D eigenvalue weighted by atomic mass is 9.96. The number of rotatable bonds is 5. The van der Waals surface area contributed by atoms with Gasteiger partial charge in [-0.15, -0.1) is 0 Å². The van der Waals surface area contributed by atoms with Gasteiger partial charge in [0.05, 0.1) is 11.8 Å². The standard InChI is InChI=1S/C21H24N2O2/c1-3-15(4-2)21(25)23-19(16-10-6-5-7-11-16)14-18(22-23)17-12-8-9-13-20(17)24/h5-13,15,19,24H,3-4,14H2,1-2H3/t19-/m1/s1. The van der Waals surface area contributed by atoms with Crippen LogP contribution in [0.15, 0.2) is 59.7 Å². The minimum absolute atomic E-state index is 0.0290. The fraction of sp³-hybridized carbons (Fsp3) is 0.333. The number of phenols is 1. The highest BCUT2D eigenvalue weighted by Gasteiger charge is 2.35. The Kier molecular flexibility index (Phi) is 5.17. The van der Waals surface area contributed by atoms with Gasteiger partial charge in [0.25, 0.3) is 0 Å². The summed E-state index contributed by atoms with van der Waals surface area (Å²) in [6.07, 6.45) is 2.21. The number of para-hydroxylation sites is 1. The Morgan fingerprint density at radius 1 is 1.12 bits per heavy atom. The highest BCUT2D eigenvalue weighted by molar-refractivity contribution is 6.05. The van der Waals surface area contributed by atoms with Crippen molar-refractivity contribution in [3.8, 4) is 5.75 Å². The highest BCUT2D eigenvalue weighted by atomic mass is 16.3. The van der Waals surface area contributed by atoms with Crippen molar-refractivity contribution < 1.29 is 9.90 Å². The van der Waals surface area contributed by atoms with E-state index in [-0.39, 0.29) is 23.6 Å². The van der Waals surface area contributed by atoms with Crippen molar-refractivity contribution in [3.63, 3.8) is 0 Å². The summed E-state index contributed by atoms with van der Waals surface area (Å²) in [5.74, 6) is 0.229. The highest BCUT2D eigenvalue weighted by Crippen LogP contribution is 2.36. The van der Waals surface area contributed by atoms with Gasteiger partial charge < -0.3 is 5.11 Å². The number of nitrogens with zero attached hydrogens (tertiary/aromatic N) is 2.